The number of aryl methyl sites for hydroxylation is 1. The van der Waals surface area contributed by atoms with Gasteiger partial charge >= 0.3 is 5.69 Å². The van der Waals surface area contributed by atoms with Crippen molar-refractivity contribution in [3.8, 4) is 11.1 Å². The quantitative estimate of drug-likeness (QED) is 0.595. The molecule has 0 radical (unpaired) electrons. The molecule has 2 atom stereocenters. The Morgan fingerprint density at radius 1 is 1.16 bits per heavy atom. The average Bonchev–Trinajstić information content (AvgIpc) is 2.76. The van der Waals surface area contributed by atoms with E-state index >= 15 is 0 Å². The lowest BCUT2D eigenvalue weighted by atomic mass is 9.94. The molecule has 2 bridgehead atoms. The van der Waals surface area contributed by atoms with Crippen molar-refractivity contribution in [1.82, 2.24) is 14.9 Å². The van der Waals surface area contributed by atoms with Gasteiger partial charge in [-0.1, -0.05) is 18.0 Å². The first-order valence-electron chi connectivity index (χ1n) is 10.9. The number of nitrogens with zero attached hydrogens (tertiary/aromatic N) is 3. The molecule has 2 aromatic carbocycles. The van der Waals surface area contributed by atoms with E-state index in [0.717, 1.165) is 47.8 Å². The predicted molar refractivity (Wildman–Crippen MR) is 124 cm³/mol. The van der Waals surface area contributed by atoms with Gasteiger partial charge in [0.05, 0.1) is 10.5 Å². The number of nitrogens with one attached hydrogen (secondary N) is 1. The maximum Gasteiger partial charge on any atom is 0.350 e. The van der Waals surface area contributed by atoms with Crippen LogP contribution in [0.2, 0.25) is 5.02 Å². The molecular formula is C23H21ClF2N4OS. The highest BCUT2D eigenvalue weighted by Gasteiger charge is 2.33. The monoisotopic (exact) mass is 474 g/mol. The summed E-state index contributed by atoms with van der Waals surface area (Å²) < 4.78 is 29.9. The molecule has 0 saturated carbocycles. The van der Waals surface area contributed by atoms with Crippen molar-refractivity contribution in [2.75, 3.05) is 23.7 Å². The first-order chi connectivity index (χ1) is 15.5. The van der Waals surface area contributed by atoms with Gasteiger partial charge in [0, 0.05) is 64.9 Å². The minimum atomic E-state index is -0.674. The standard InChI is InChI=1S/C23H21ClF2N4OS/c24-17-9-16-20-21(19(17)15-5-4-12(25)8-18(15)26)32-7-6-30(20)23(31)28-22(16)29-10-13-2-1-3-14(11-29)27-13/h4-5,8-9,13-14,27H,1-3,6-7,10-11H2. The number of piperazine rings is 1. The Morgan fingerprint density at radius 2 is 1.94 bits per heavy atom. The van der Waals surface area contributed by atoms with E-state index in [1.165, 1.54) is 18.6 Å². The summed E-state index contributed by atoms with van der Waals surface area (Å²) in [7, 11) is 0. The van der Waals surface area contributed by atoms with Gasteiger partial charge in [-0.3, -0.25) is 4.57 Å². The second-order valence-corrected chi connectivity index (χ2v) is 10.2. The highest BCUT2D eigenvalue weighted by atomic mass is 35.5. The molecule has 0 spiro atoms. The van der Waals surface area contributed by atoms with Gasteiger partial charge in [0.1, 0.15) is 17.5 Å². The number of hydrogen-bond acceptors (Lipinski definition) is 5. The molecule has 1 N–H and O–H groups in total. The third-order valence-corrected chi connectivity index (χ3v) is 8.04. The molecule has 3 aromatic rings. The van der Waals surface area contributed by atoms with E-state index < -0.39 is 11.6 Å². The van der Waals surface area contributed by atoms with Crippen molar-refractivity contribution in [2.24, 2.45) is 0 Å². The molecule has 6 rings (SSSR count). The molecule has 1 aromatic heterocycles. The van der Waals surface area contributed by atoms with Crippen LogP contribution < -0.4 is 15.9 Å². The van der Waals surface area contributed by atoms with Crippen LogP contribution in [-0.2, 0) is 6.54 Å². The Balaban J connectivity index is 1.60. The van der Waals surface area contributed by atoms with Crippen LogP contribution in [0.15, 0.2) is 34.0 Å². The van der Waals surface area contributed by atoms with Crippen molar-refractivity contribution in [2.45, 2.75) is 42.8 Å². The van der Waals surface area contributed by atoms with E-state index in [2.05, 4.69) is 15.2 Å². The number of benzene rings is 2. The third-order valence-electron chi connectivity index (χ3n) is 6.67. The molecule has 2 unspecified atom stereocenters. The molecule has 2 fully saturated rings. The second kappa shape index (κ2) is 7.71. The zero-order chi connectivity index (χ0) is 22.0. The van der Waals surface area contributed by atoms with Crippen LogP contribution in [0, 0.1) is 11.6 Å². The second-order valence-electron chi connectivity index (χ2n) is 8.70. The van der Waals surface area contributed by atoms with Gasteiger partial charge in [0.2, 0.25) is 0 Å². The average molecular weight is 475 g/mol. The molecule has 3 aliphatic rings. The van der Waals surface area contributed by atoms with Crippen LogP contribution in [0.1, 0.15) is 19.3 Å². The molecule has 5 nitrogen and oxygen atoms in total. The molecule has 166 valence electrons. The largest absolute Gasteiger partial charge is 0.353 e. The van der Waals surface area contributed by atoms with Crippen LogP contribution in [0.25, 0.3) is 22.0 Å². The number of rotatable bonds is 2. The molecular weight excluding hydrogens is 454 g/mol. The van der Waals surface area contributed by atoms with E-state index in [1.807, 2.05) is 0 Å². The van der Waals surface area contributed by atoms with Gasteiger partial charge in [-0.15, -0.1) is 11.8 Å². The van der Waals surface area contributed by atoms with Crippen molar-refractivity contribution in [1.29, 1.82) is 0 Å². The van der Waals surface area contributed by atoms with Gasteiger partial charge in [0.15, 0.2) is 0 Å². The summed E-state index contributed by atoms with van der Waals surface area (Å²) >= 11 is 8.28. The van der Waals surface area contributed by atoms with Gasteiger partial charge in [0.25, 0.3) is 0 Å². The van der Waals surface area contributed by atoms with Gasteiger partial charge < -0.3 is 10.2 Å². The fraction of sp³-hybridized carbons (Fsp3) is 0.391. The maximum absolute atomic E-state index is 14.7. The maximum atomic E-state index is 14.7. The SMILES string of the molecule is O=c1nc(N2CC3CCCC(C2)N3)c2cc(Cl)c(-c3ccc(F)cc3F)c3c2n1CCS3. The van der Waals surface area contributed by atoms with Crippen molar-refractivity contribution in [3.63, 3.8) is 0 Å². The van der Waals surface area contributed by atoms with Gasteiger partial charge in [-0.2, -0.15) is 4.98 Å². The molecule has 0 aliphatic carbocycles. The summed E-state index contributed by atoms with van der Waals surface area (Å²) in [6.07, 6.45) is 3.43. The van der Waals surface area contributed by atoms with Crippen LogP contribution in [0.5, 0.6) is 0 Å². The highest BCUT2D eigenvalue weighted by molar-refractivity contribution is 7.99. The fourth-order valence-electron chi connectivity index (χ4n) is 5.31. The van der Waals surface area contributed by atoms with Crippen molar-refractivity contribution < 1.29 is 8.78 Å². The number of aromatic nitrogens is 2. The van der Waals surface area contributed by atoms with Gasteiger partial charge in [-0.05, 0) is 31.0 Å². The number of piperidine rings is 1. The zero-order valence-electron chi connectivity index (χ0n) is 17.2. The summed E-state index contributed by atoms with van der Waals surface area (Å²) in [6.45, 7) is 2.10. The lowest BCUT2D eigenvalue weighted by Crippen LogP contribution is -2.59. The normalized spacial score (nSPS) is 22.4. The Hall–Kier alpha value is -2.16. The van der Waals surface area contributed by atoms with Gasteiger partial charge in [-0.25, -0.2) is 13.6 Å². The van der Waals surface area contributed by atoms with Crippen LogP contribution in [-0.4, -0.2) is 40.5 Å². The van der Waals surface area contributed by atoms with Crippen LogP contribution in [0.3, 0.4) is 0 Å². The number of halogens is 3. The lowest BCUT2D eigenvalue weighted by Gasteiger charge is -2.43. The zero-order valence-corrected chi connectivity index (χ0v) is 18.8. The van der Waals surface area contributed by atoms with Crippen LogP contribution >= 0.6 is 23.4 Å². The minimum absolute atomic E-state index is 0.233. The number of thioether (sulfide) groups is 1. The Labute approximate surface area is 192 Å². The summed E-state index contributed by atoms with van der Waals surface area (Å²) in [5.41, 5.74) is 1.18. The number of fused-ring (bicyclic) bond motifs is 2. The summed E-state index contributed by atoms with van der Waals surface area (Å²) in [4.78, 5) is 20.5. The summed E-state index contributed by atoms with van der Waals surface area (Å²) in [6, 6.07) is 6.05. The van der Waals surface area contributed by atoms with E-state index in [9.17, 15) is 13.6 Å². The fourth-order valence-corrected chi connectivity index (χ4v) is 6.87. The topological polar surface area (TPSA) is 50.2 Å². The number of hydrogen-bond donors (Lipinski definition) is 1. The first kappa shape index (κ1) is 20.4. The Morgan fingerprint density at radius 3 is 2.69 bits per heavy atom. The van der Waals surface area contributed by atoms with E-state index in [1.54, 1.807) is 22.4 Å². The smallest absolute Gasteiger partial charge is 0.350 e. The third kappa shape index (κ3) is 3.23. The highest BCUT2D eigenvalue weighted by Crippen LogP contribution is 2.46. The molecule has 32 heavy (non-hydrogen) atoms. The van der Waals surface area contributed by atoms with Crippen molar-refractivity contribution >= 4 is 40.1 Å². The minimum Gasteiger partial charge on any atom is -0.353 e. The lowest BCUT2D eigenvalue weighted by molar-refractivity contribution is 0.283. The van der Waals surface area contributed by atoms with Crippen LogP contribution in [0.4, 0.5) is 14.6 Å². The van der Waals surface area contributed by atoms with E-state index in [4.69, 9.17) is 11.6 Å². The van der Waals surface area contributed by atoms with Crippen molar-refractivity contribution in [3.05, 3.63) is 51.4 Å². The van der Waals surface area contributed by atoms with E-state index in [0.29, 0.717) is 40.8 Å². The number of anilines is 1. The Bertz CT molecular complexity index is 1300. The molecule has 2 saturated heterocycles. The predicted octanol–water partition coefficient (Wildman–Crippen LogP) is 4.43. The molecule has 9 heteroatoms. The molecule has 4 heterocycles. The summed E-state index contributed by atoms with van der Waals surface area (Å²) in [5, 5.41) is 4.84. The summed E-state index contributed by atoms with van der Waals surface area (Å²) in [5.74, 6) is -0.0166. The van der Waals surface area contributed by atoms with E-state index in [-0.39, 0.29) is 11.3 Å². The first-order valence-corrected chi connectivity index (χ1v) is 12.2. The molecule has 0 amide bonds. The Kier molecular flexibility index (Phi) is 4.93. The molecule has 3 aliphatic heterocycles.